The molecule has 0 heterocycles. The highest BCUT2D eigenvalue weighted by molar-refractivity contribution is 7.89. The normalized spacial score (nSPS) is 17.2. The van der Waals surface area contributed by atoms with Crippen molar-refractivity contribution in [3.63, 3.8) is 0 Å². The largest absolute Gasteiger partial charge is 0.478 e. The third-order valence-corrected chi connectivity index (χ3v) is 5.99. The van der Waals surface area contributed by atoms with Gasteiger partial charge in [-0.2, -0.15) is 0 Å². The predicted octanol–water partition coefficient (Wildman–Crippen LogP) is 2.90. The summed E-state index contributed by atoms with van der Waals surface area (Å²) in [6.07, 6.45) is 4.14. The van der Waals surface area contributed by atoms with E-state index in [0.29, 0.717) is 6.54 Å². The van der Waals surface area contributed by atoms with Crippen LogP contribution in [0, 0.1) is 5.41 Å². The Balaban J connectivity index is 2.16. The highest BCUT2D eigenvalue weighted by Gasteiger charge is 2.36. The molecule has 1 saturated carbocycles. The molecule has 116 valence electrons. The number of sulfonamides is 1. The zero-order valence-electron chi connectivity index (χ0n) is 11.7. The van der Waals surface area contributed by atoms with E-state index in [4.69, 9.17) is 16.7 Å². The van der Waals surface area contributed by atoms with E-state index in [2.05, 4.69) is 11.6 Å². The van der Waals surface area contributed by atoms with E-state index in [1.165, 1.54) is 18.2 Å². The van der Waals surface area contributed by atoms with Gasteiger partial charge in [-0.3, -0.25) is 0 Å². The molecule has 1 aromatic carbocycles. The van der Waals surface area contributed by atoms with E-state index in [1.807, 2.05) is 0 Å². The van der Waals surface area contributed by atoms with Gasteiger partial charge in [0.2, 0.25) is 10.0 Å². The zero-order valence-corrected chi connectivity index (χ0v) is 13.3. The number of nitrogens with one attached hydrogen (secondary N) is 1. The molecule has 0 saturated heterocycles. The number of halogens is 1. The maximum Gasteiger partial charge on any atom is 0.337 e. The molecule has 1 aliphatic carbocycles. The molecule has 1 aromatic rings. The third kappa shape index (κ3) is 3.39. The summed E-state index contributed by atoms with van der Waals surface area (Å²) in [5.74, 6) is -1.18. The minimum atomic E-state index is -3.67. The van der Waals surface area contributed by atoms with Gasteiger partial charge >= 0.3 is 5.97 Å². The van der Waals surface area contributed by atoms with E-state index in [1.54, 1.807) is 0 Å². The molecule has 21 heavy (non-hydrogen) atoms. The smallest absolute Gasteiger partial charge is 0.337 e. The Morgan fingerprint density at radius 3 is 2.52 bits per heavy atom. The van der Waals surface area contributed by atoms with Gasteiger partial charge in [-0.25, -0.2) is 17.9 Å². The summed E-state index contributed by atoms with van der Waals surface area (Å²) in [7, 11) is -3.67. The van der Waals surface area contributed by atoms with Crippen LogP contribution in [0.1, 0.15) is 43.0 Å². The second kappa shape index (κ2) is 5.94. The number of hydrogen-bond donors (Lipinski definition) is 2. The van der Waals surface area contributed by atoms with Crippen LogP contribution >= 0.6 is 11.6 Å². The van der Waals surface area contributed by atoms with Crippen molar-refractivity contribution in [2.45, 2.75) is 37.5 Å². The first kappa shape index (κ1) is 16.3. The lowest BCUT2D eigenvalue weighted by atomic mass is 9.67. The van der Waals surface area contributed by atoms with Gasteiger partial charge in [0.25, 0.3) is 0 Å². The molecule has 0 atom stereocenters. The summed E-state index contributed by atoms with van der Waals surface area (Å²) in [6.45, 7) is 2.47. The molecule has 2 N–H and O–H groups in total. The maximum atomic E-state index is 12.3. The second-order valence-corrected chi connectivity index (χ2v) is 7.65. The topological polar surface area (TPSA) is 83.5 Å². The third-order valence-electron chi connectivity index (χ3n) is 4.28. The van der Waals surface area contributed by atoms with Crippen molar-refractivity contribution < 1.29 is 18.3 Å². The van der Waals surface area contributed by atoms with Gasteiger partial charge < -0.3 is 5.11 Å². The van der Waals surface area contributed by atoms with Crippen LogP contribution in [-0.4, -0.2) is 26.0 Å². The summed E-state index contributed by atoms with van der Waals surface area (Å²) in [4.78, 5) is 10.9. The fraction of sp³-hybridized carbons (Fsp3) is 0.500. The number of carboxylic acid groups (broad SMARTS) is 1. The second-order valence-electron chi connectivity index (χ2n) is 5.48. The molecule has 7 heteroatoms. The molecule has 1 fully saturated rings. The Morgan fingerprint density at radius 2 is 2.10 bits per heavy atom. The molecule has 0 spiro atoms. The van der Waals surface area contributed by atoms with Gasteiger partial charge in [-0.05, 0) is 42.9 Å². The van der Waals surface area contributed by atoms with E-state index in [0.717, 1.165) is 25.7 Å². The Bertz CT molecular complexity index is 647. The van der Waals surface area contributed by atoms with Crippen molar-refractivity contribution in [3.8, 4) is 0 Å². The average molecular weight is 332 g/mol. The fourth-order valence-corrected chi connectivity index (χ4v) is 4.01. The van der Waals surface area contributed by atoms with E-state index in [9.17, 15) is 13.2 Å². The summed E-state index contributed by atoms with van der Waals surface area (Å²) < 4.78 is 27.1. The molecule has 0 unspecified atom stereocenters. The van der Waals surface area contributed by atoms with Crippen molar-refractivity contribution >= 4 is 27.6 Å². The van der Waals surface area contributed by atoms with Crippen LogP contribution in [-0.2, 0) is 10.0 Å². The summed E-state index contributed by atoms with van der Waals surface area (Å²) in [5, 5.41) is 8.81. The molecule has 0 radical (unpaired) electrons. The molecule has 0 bridgehead atoms. The van der Waals surface area contributed by atoms with Crippen LogP contribution in [0.15, 0.2) is 23.1 Å². The van der Waals surface area contributed by atoms with E-state index >= 15 is 0 Å². The average Bonchev–Trinajstić information content (AvgIpc) is 2.37. The van der Waals surface area contributed by atoms with E-state index in [-0.39, 0.29) is 20.9 Å². The van der Waals surface area contributed by atoms with Crippen molar-refractivity contribution in [2.75, 3.05) is 6.54 Å². The Labute approximate surface area is 129 Å². The number of hydrogen-bond acceptors (Lipinski definition) is 3. The lowest BCUT2D eigenvalue weighted by Crippen LogP contribution is -2.41. The lowest BCUT2D eigenvalue weighted by Gasteiger charge is -2.41. The Kier molecular flexibility index (Phi) is 4.60. The molecule has 1 aliphatic rings. The molecule has 5 nitrogen and oxygen atoms in total. The predicted molar refractivity (Wildman–Crippen MR) is 80.2 cm³/mol. The standard InChI is InChI=1S/C14H18ClNO4S/c1-2-14(6-3-7-14)9-16-21(19,20)10-4-5-11(13(17)18)12(15)8-10/h4-5,8,16H,2-3,6-7,9H2,1H3,(H,17,18). The van der Waals surface area contributed by atoms with Gasteiger partial charge in [-0.1, -0.05) is 24.9 Å². The lowest BCUT2D eigenvalue weighted by molar-refractivity contribution is 0.0697. The number of carbonyl (C=O) groups is 1. The number of aromatic carboxylic acids is 1. The zero-order chi connectivity index (χ0) is 15.7. The van der Waals surface area contributed by atoms with Crippen LogP contribution < -0.4 is 4.72 Å². The molecular formula is C14H18ClNO4S. The minimum Gasteiger partial charge on any atom is -0.478 e. The van der Waals surface area contributed by atoms with Crippen molar-refractivity contribution in [2.24, 2.45) is 5.41 Å². The van der Waals surface area contributed by atoms with Gasteiger partial charge in [0, 0.05) is 6.54 Å². The summed E-state index contributed by atoms with van der Waals surface area (Å²) in [6, 6.07) is 3.64. The van der Waals surface area contributed by atoms with E-state index < -0.39 is 16.0 Å². The van der Waals surface area contributed by atoms with Gasteiger partial charge in [-0.15, -0.1) is 0 Å². The highest BCUT2D eigenvalue weighted by Crippen LogP contribution is 2.43. The van der Waals surface area contributed by atoms with Crippen molar-refractivity contribution in [3.05, 3.63) is 28.8 Å². The fourth-order valence-electron chi connectivity index (χ4n) is 2.50. The van der Waals surface area contributed by atoms with Crippen LogP contribution in [0.4, 0.5) is 0 Å². The molecule has 0 aromatic heterocycles. The van der Waals surface area contributed by atoms with Gasteiger partial charge in [0.15, 0.2) is 0 Å². The maximum absolute atomic E-state index is 12.3. The van der Waals surface area contributed by atoms with Gasteiger partial charge in [0.05, 0.1) is 15.5 Å². The van der Waals surface area contributed by atoms with Crippen LogP contribution in [0.2, 0.25) is 5.02 Å². The van der Waals surface area contributed by atoms with Crippen molar-refractivity contribution in [1.29, 1.82) is 0 Å². The SMILES string of the molecule is CCC1(CNS(=O)(=O)c2ccc(C(=O)O)c(Cl)c2)CCC1. The highest BCUT2D eigenvalue weighted by atomic mass is 35.5. The number of rotatable bonds is 6. The monoisotopic (exact) mass is 331 g/mol. The first-order chi connectivity index (χ1) is 9.80. The first-order valence-corrected chi connectivity index (χ1v) is 8.68. The van der Waals surface area contributed by atoms with Gasteiger partial charge in [0.1, 0.15) is 0 Å². The molecule has 0 aliphatic heterocycles. The van der Waals surface area contributed by atoms with Crippen LogP contribution in [0.5, 0.6) is 0 Å². The molecular weight excluding hydrogens is 314 g/mol. The number of benzene rings is 1. The number of carboxylic acids is 1. The Morgan fingerprint density at radius 1 is 1.43 bits per heavy atom. The molecule has 0 amide bonds. The van der Waals surface area contributed by atoms with Crippen molar-refractivity contribution in [1.82, 2.24) is 4.72 Å². The van der Waals surface area contributed by atoms with Crippen LogP contribution in [0.3, 0.4) is 0 Å². The first-order valence-electron chi connectivity index (χ1n) is 6.82. The Hall–Kier alpha value is -1.11. The molecule has 2 rings (SSSR count). The minimum absolute atomic E-state index is 0.0110. The summed E-state index contributed by atoms with van der Waals surface area (Å²) >= 11 is 5.81. The summed E-state index contributed by atoms with van der Waals surface area (Å²) in [5.41, 5.74) is -0.0441. The van der Waals surface area contributed by atoms with Crippen LogP contribution in [0.25, 0.3) is 0 Å². The quantitative estimate of drug-likeness (QED) is 0.839.